The monoisotopic (exact) mass is 237 g/mol. The van der Waals surface area contributed by atoms with Gasteiger partial charge in [0.15, 0.2) is 0 Å². The maximum Gasteiger partial charge on any atom is 0.131 e. The molecule has 0 amide bonds. The van der Waals surface area contributed by atoms with Crippen LogP contribution in [-0.4, -0.2) is 13.7 Å². The van der Waals surface area contributed by atoms with Crippen molar-refractivity contribution in [3.63, 3.8) is 0 Å². The minimum absolute atomic E-state index is 0.0149. The fourth-order valence-corrected chi connectivity index (χ4v) is 2.23. The highest BCUT2D eigenvalue weighted by Crippen LogP contribution is 2.37. The van der Waals surface area contributed by atoms with Crippen molar-refractivity contribution < 1.29 is 9.13 Å². The van der Waals surface area contributed by atoms with Crippen molar-refractivity contribution in [1.82, 2.24) is 5.32 Å². The molecule has 1 aliphatic carbocycles. The van der Waals surface area contributed by atoms with E-state index in [4.69, 9.17) is 4.74 Å². The van der Waals surface area contributed by atoms with Crippen molar-refractivity contribution in [3.8, 4) is 5.75 Å². The Labute approximate surface area is 102 Å². The van der Waals surface area contributed by atoms with Crippen molar-refractivity contribution in [1.29, 1.82) is 0 Å². The van der Waals surface area contributed by atoms with Crippen LogP contribution in [0.4, 0.5) is 4.39 Å². The molecule has 1 aliphatic rings. The molecule has 17 heavy (non-hydrogen) atoms. The molecule has 1 fully saturated rings. The SMILES string of the molecule is COc1cccc(F)c1C(C)NCC1CC1C. The first kappa shape index (κ1) is 12.4. The van der Waals surface area contributed by atoms with E-state index in [0.29, 0.717) is 11.3 Å². The predicted octanol–water partition coefficient (Wildman–Crippen LogP) is 3.14. The van der Waals surface area contributed by atoms with Gasteiger partial charge in [0.05, 0.1) is 7.11 Å². The highest BCUT2D eigenvalue weighted by Gasteiger charge is 2.32. The highest BCUT2D eigenvalue weighted by atomic mass is 19.1. The van der Waals surface area contributed by atoms with Gasteiger partial charge in [0, 0.05) is 11.6 Å². The second kappa shape index (κ2) is 5.05. The Balaban J connectivity index is 2.04. The molecule has 2 nitrogen and oxygen atoms in total. The summed E-state index contributed by atoms with van der Waals surface area (Å²) >= 11 is 0. The van der Waals surface area contributed by atoms with Crippen molar-refractivity contribution in [3.05, 3.63) is 29.6 Å². The molecule has 1 saturated carbocycles. The van der Waals surface area contributed by atoms with Gasteiger partial charge in [-0.2, -0.15) is 0 Å². The molecular formula is C14H20FNO. The summed E-state index contributed by atoms with van der Waals surface area (Å²) in [6.45, 7) is 5.19. The van der Waals surface area contributed by atoms with E-state index in [-0.39, 0.29) is 11.9 Å². The molecule has 0 bridgehead atoms. The number of methoxy groups -OCH3 is 1. The Kier molecular flexibility index (Phi) is 3.67. The van der Waals surface area contributed by atoms with Gasteiger partial charge in [0.25, 0.3) is 0 Å². The van der Waals surface area contributed by atoms with E-state index in [9.17, 15) is 4.39 Å². The average Bonchev–Trinajstić information content (AvgIpc) is 3.02. The number of halogens is 1. The molecule has 0 aliphatic heterocycles. The van der Waals surface area contributed by atoms with Crippen molar-refractivity contribution in [2.45, 2.75) is 26.3 Å². The standard InChI is InChI=1S/C14H20FNO/c1-9-7-11(9)8-16-10(2)14-12(15)5-4-6-13(14)17-3/h4-6,9-11,16H,7-8H2,1-3H3. The van der Waals surface area contributed by atoms with Gasteiger partial charge in [0.2, 0.25) is 0 Å². The maximum absolute atomic E-state index is 13.8. The number of hydrogen-bond donors (Lipinski definition) is 1. The highest BCUT2D eigenvalue weighted by molar-refractivity contribution is 5.36. The van der Waals surface area contributed by atoms with Gasteiger partial charge >= 0.3 is 0 Å². The van der Waals surface area contributed by atoms with Crippen LogP contribution in [0, 0.1) is 17.7 Å². The molecule has 3 atom stereocenters. The predicted molar refractivity (Wildman–Crippen MR) is 66.6 cm³/mol. The first-order valence-electron chi connectivity index (χ1n) is 6.19. The molecule has 3 unspecified atom stereocenters. The zero-order valence-electron chi connectivity index (χ0n) is 10.7. The van der Waals surface area contributed by atoms with Crippen LogP contribution < -0.4 is 10.1 Å². The quantitative estimate of drug-likeness (QED) is 0.849. The van der Waals surface area contributed by atoms with Crippen molar-refractivity contribution >= 4 is 0 Å². The number of ether oxygens (including phenoxy) is 1. The fourth-order valence-electron chi connectivity index (χ4n) is 2.23. The van der Waals surface area contributed by atoms with Crippen LogP contribution in [0.25, 0.3) is 0 Å². The van der Waals surface area contributed by atoms with Crippen molar-refractivity contribution in [2.75, 3.05) is 13.7 Å². The molecule has 0 saturated heterocycles. The maximum atomic E-state index is 13.8. The molecule has 0 aromatic heterocycles. The third kappa shape index (κ3) is 2.78. The van der Waals surface area contributed by atoms with Crippen LogP contribution in [0.15, 0.2) is 18.2 Å². The molecule has 0 radical (unpaired) electrons. The first-order chi connectivity index (χ1) is 8.13. The lowest BCUT2D eigenvalue weighted by atomic mass is 10.1. The minimum atomic E-state index is -0.201. The van der Waals surface area contributed by atoms with Crippen LogP contribution in [0.1, 0.15) is 31.9 Å². The molecule has 0 heterocycles. The van der Waals surface area contributed by atoms with Crippen LogP contribution in [0.2, 0.25) is 0 Å². The summed E-state index contributed by atoms with van der Waals surface area (Å²) in [5, 5.41) is 3.39. The smallest absolute Gasteiger partial charge is 0.131 e. The third-order valence-corrected chi connectivity index (χ3v) is 3.63. The Hall–Kier alpha value is -1.09. The number of nitrogens with one attached hydrogen (secondary N) is 1. The zero-order chi connectivity index (χ0) is 12.4. The van der Waals surface area contributed by atoms with Crippen LogP contribution >= 0.6 is 0 Å². The summed E-state index contributed by atoms with van der Waals surface area (Å²) in [6, 6.07) is 4.94. The second-order valence-electron chi connectivity index (χ2n) is 4.96. The summed E-state index contributed by atoms with van der Waals surface area (Å²) in [5.74, 6) is 1.99. The lowest BCUT2D eigenvalue weighted by Gasteiger charge is -2.18. The van der Waals surface area contributed by atoms with E-state index in [1.165, 1.54) is 12.5 Å². The summed E-state index contributed by atoms with van der Waals surface area (Å²) in [5.41, 5.74) is 0.628. The van der Waals surface area contributed by atoms with E-state index in [1.54, 1.807) is 19.2 Å². The lowest BCUT2D eigenvalue weighted by Crippen LogP contribution is -2.23. The molecule has 1 aromatic carbocycles. The third-order valence-electron chi connectivity index (χ3n) is 3.63. The summed E-state index contributed by atoms with van der Waals surface area (Å²) in [6.07, 6.45) is 1.29. The minimum Gasteiger partial charge on any atom is -0.496 e. The Morgan fingerprint density at radius 3 is 2.82 bits per heavy atom. The number of rotatable bonds is 5. The van der Waals surface area contributed by atoms with E-state index in [2.05, 4.69) is 12.2 Å². The second-order valence-corrected chi connectivity index (χ2v) is 4.96. The topological polar surface area (TPSA) is 21.3 Å². The van der Waals surface area contributed by atoms with E-state index in [1.807, 2.05) is 6.92 Å². The Bertz CT molecular complexity index is 394. The van der Waals surface area contributed by atoms with E-state index in [0.717, 1.165) is 18.4 Å². The molecule has 3 heteroatoms. The normalized spacial score (nSPS) is 24.5. The largest absolute Gasteiger partial charge is 0.496 e. The zero-order valence-corrected chi connectivity index (χ0v) is 10.7. The van der Waals surface area contributed by atoms with Gasteiger partial charge in [-0.3, -0.25) is 0 Å². The molecule has 0 spiro atoms. The summed E-state index contributed by atoms with van der Waals surface area (Å²) < 4.78 is 19.0. The summed E-state index contributed by atoms with van der Waals surface area (Å²) in [4.78, 5) is 0. The number of benzene rings is 1. The van der Waals surface area contributed by atoms with Gasteiger partial charge in [-0.25, -0.2) is 4.39 Å². The number of hydrogen-bond acceptors (Lipinski definition) is 2. The van der Waals surface area contributed by atoms with Crippen LogP contribution in [0.3, 0.4) is 0 Å². The molecular weight excluding hydrogens is 217 g/mol. The van der Waals surface area contributed by atoms with Gasteiger partial charge < -0.3 is 10.1 Å². The average molecular weight is 237 g/mol. The lowest BCUT2D eigenvalue weighted by molar-refractivity contribution is 0.392. The van der Waals surface area contributed by atoms with Gasteiger partial charge in [0.1, 0.15) is 11.6 Å². The Morgan fingerprint density at radius 1 is 1.53 bits per heavy atom. The summed E-state index contributed by atoms with van der Waals surface area (Å²) in [7, 11) is 1.58. The molecule has 1 aromatic rings. The Morgan fingerprint density at radius 2 is 2.24 bits per heavy atom. The van der Waals surface area contributed by atoms with Crippen molar-refractivity contribution in [2.24, 2.45) is 11.8 Å². The van der Waals surface area contributed by atoms with Gasteiger partial charge in [-0.05, 0) is 43.9 Å². The molecule has 94 valence electrons. The van der Waals surface area contributed by atoms with Gasteiger partial charge in [-0.15, -0.1) is 0 Å². The van der Waals surface area contributed by atoms with E-state index >= 15 is 0 Å². The fraction of sp³-hybridized carbons (Fsp3) is 0.571. The first-order valence-corrected chi connectivity index (χ1v) is 6.19. The molecule has 1 N–H and O–H groups in total. The van der Waals surface area contributed by atoms with E-state index < -0.39 is 0 Å². The molecule has 2 rings (SSSR count). The van der Waals surface area contributed by atoms with Crippen LogP contribution in [0.5, 0.6) is 5.75 Å². The van der Waals surface area contributed by atoms with Gasteiger partial charge in [-0.1, -0.05) is 13.0 Å². The van der Waals surface area contributed by atoms with Crippen LogP contribution in [-0.2, 0) is 0 Å².